The molecule has 1 fully saturated rings. The van der Waals surface area contributed by atoms with Crippen molar-refractivity contribution in [2.45, 2.75) is 18.9 Å². The Morgan fingerprint density at radius 1 is 1.10 bits per heavy atom. The van der Waals surface area contributed by atoms with Crippen molar-refractivity contribution in [3.8, 4) is 0 Å². The van der Waals surface area contributed by atoms with E-state index in [1.807, 2.05) is 18.2 Å². The van der Waals surface area contributed by atoms with Crippen LogP contribution in [-0.4, -0.2) is 54.7 Å². The lowest BCUT2D eigenvalue weighted by molar-refractivity contribution is 0.0662. The summed E-state index contributed by atoms with van der Waals surface area (Å²) in [6.45, 7) is 3.05. The Balaban J connectivity index is 1.91. The molecule has 0 radical (unpaired) electrons. The van der Waals surface area contributed by atoms with Gasteiger partial charge in [0.25, 0.3) is 0 Å². The van der Waals surface area contributed by atoms with Gasteiger partial charge in [0.2, 0.25) is 0 Å². The molecular formula is C16H27NO3Si. The Labute approximate surface area is 129 Å². The van der Waals surface area contributed by atoms with E-state index in [9.17, 15) is 0 Å². The molecule has 5 heteroatoms. The molecule has 1 aromatic rings. The molecule has 4 nitrogen and oxygen atoms in total. The van der Waals surface area contributed by atoms with Gasteiger partial charge in [0.15, 0.2) is 0 Å². The molecule has 1 aliphatic rings. The van der Waals surface area contributed by atoms with E-state index >= 15 is 0 Å². The van der Waals surface area contributed by atoms with Gasteiger partial charge in [-0.25, -0.2) is 0 Å². The number of hydrogen-bond acceptors (Lipinski definition) is 4. The average molecular weight is 309 g/mol. The highest BCUT2D eigenvalue weighted by atomic mass is 28.4. The van der Waals surface area contributed by atoms with E-state index < -0.39 is 8.80 Å². The van der Waals surface area contributed by atoms with Crippen LogP contribution in [0.15, 0.2) is 30.3 Å². The van der Waals surface area contributed by atoms with Gasteiger partial charge in [-0.2, -0.15) is 0 Å². The number of benzene rings is 1. The highest BCUT2D eigenvalue weighted by molar-refractivity contribution is 6.60. The Morgan fingerprint density at radius 3 is 2.29 bits per heavy atom. The normalized spacial score (nSPS) is 18.0. The van der Waals surface area contributed by atoms with Gasteiger partial charge in [0, 0.05) is 26.9 Å². The third-order valence-electron chi connectivity index (χ3n) is 4.26. The lowest BCUT2D eigenvalue weighted by atomic mass is 9.98. The molecule has 0 aromatic heterocycles. The van der Waals surface area contributed by atoms with Crippen molar-refractivity contribution in [3.63, 3.8) is 0 Å². The second-order valence-corrected chi connectivity index (χ2v) is 8.64. The van der Waals surface area contributed by atoms with Crippen molar-refractivity contribution in [2.24, 2.45) is 5.92 Å². The molecule has 1 aliphatic heterocycles. The molecule has 0 unspecified atom stereocenters. The first-order valence-electron chi connectivity index (χ1n) is 7.64. The second-order valence-electron chi connectivity index (χ2n) is 5.81. The van der Waals surface area contributed by atoms with Gasteiger partial charge >= 0.3 is 8.80 Å². The number of hydrogen-bond donors (Lipinski definition) is 0. The molecular weight excluding hydrogens is 282 g/mol. The summed E-state index contributed by atoms with van der Waals surface area (Å²) in [4.78, 5) is 2.37. The summed E-state index contributed by atoms with van der Waals surface area (Å²) in [7, 11) is 2.98. The molecule has 1 aromatic carbocycles. The molecule has 2 rings (SSSR count). The van der Waals surface area contributed by atoms with Crippen molar-refractivity contribution >= 4 is 8.80 Å². The van der Waals surface area contributed by atoms with Gasteiger partial charge in [0.05, 0.1) is 0 Å². The molecule has 0 atom stereocenters. The topological polar surface area (TPSA) is 30.9 Å². The predicted molar refractivity (Wildman–Crippen MR) is 86.1 cm³/mol. The largest absolute Gasteiger partial charge is 0.505 e. The first-order valence-corrected chi connectivity index (χ1v) is 9.57. The number of piperidine rings is 1. The Kier molecular flexibility index (Phi) is 6.38. The molecule has 0 N–H and O–H groups in total. The number of rotatable bonds is 7. The first kappa shape index (κ1) is 16.6. The minimum Gasteiger partial charge on any atom is -0.377 e. The fraction of sp³-hybridized carbons (Fsp3) is 0.625. The predicted octanol–water partition coefficient (Wildman–Crippen LogP) is 2.36. The van der Waals surface area contributed by atoms with Gasteiger partial charge in [0.1, 0.15) is 0 Å². The van der Waals surface area contributed by atoms with Gasteiger partial charge in [-0.1, -0.05) is 30.3 Å². The molecule has 21 heavy (non-hydrogen) atoms. The third-order valence-corrected chi connectivity index (χ3v) is 6.95. The smallest absolute Gasteiger partial charge is 0.377 e. The Hall–Kier alpha value is -0.723. The lowest BCUT2D eigenvalue weighted by Crippen LogP contribution is -2.48. The van der Waals surface area contributed by atoms with Crippen molar-refractivity contribution in [1.82, 2.24) is 4.90 Å². The highest BCUT2D eigenvalue weighted by Crippen LogP contribution is 2.21. The van der Waals surface area contributed by atoms with Crippen molar-refractivity contribution in [2.75, 3.05) is 41.0 Å². The summed E-state index contributed by atoms with van der Waals surface area (Å²) in [6, 6.07) is 11.0. The van der Waals surface area contributed by atoms with E-state index in [0.717, 1.165) is 25.7 Å². The monoisotopic (exact) mass is 309 g/mol. The van der Waals surface area contributed by atoms with Crippen LogP contribution >= 0.6 is 0 Å². The quantitative estimate of drug-likeness (QED) is 0.724. The zero-order valence-electron chi connectivity index (χ0n) is 13.4. The van der Waals surface area contributed by atoms with Gasteiger partial charge in [-0.05, 0) is 44.5 Å². The van der Waals surface area contributed by atoms with E-state index in [1.54, 1.807) is 14.2 Å². The van der Waals surface area contributed by atoms with Crippen LogP contribution in [-0.2, 0) is 19.3 Å². The van der Waals surface area contributed by atoms with E-state index in [-0.39, 0.29) is 0 Å². The lowest BCUT2D eigenvalue weighted by Gasteiger charge is -2.32. The maximum absolute atomic E-state index is 6.18. The summed E-state index contributed by atoms with van der Waals surface area (Å²) < 4.78 is 17.6. The maximum atomic E-state index is 6.18. The van der Waals surface area contributed by atoms with E-state index in [1.165, 1.54) is 18.4 Å². The van der Waals surface area contributed by atoms with Crippen LogP contribution in [0.25, 0.3) is 0 Å². The van der Waals surface area contributed by atoms with Crippen LogP contribution in [0.3, 0.4) is 0 Å². The molecule has 1 saturated heterocycles. The fourth-order valence-electron chi connectivity index (χ4n) is 2.72. The molecule has 0 spiro atoms. The molecule has 118 valence electrons. The summed E-state index contributed by atoms with van der Waals surface area (Å²) in [5.41, 5.74) is 1.20. The van der Waals surface area contributed by atoms with Crippen LogP contribution in [0.2, 0.25) is 0 Å². The molecule has 0 aliphatic carbocycles. The van der Waals surface area contributed by atoms with Crippen LogP contribution in [0.1, 0.15) is 18.4 Å². The highest BCUT2D eigenvalue weighted by Gasteiger charge is 2.40. The van der Waals surface area contributed by atoms with Crippen molar-refractivity contribution in [1.29, 1.82) is 0 Å². The Bertz CT molecular complexity index is 403. The Morgan fingerprint density at radius 2 is 1.71 bits per heavy atom. The van der Waals surface area contributed by atoms with Gasteiger partial charge < -0.3 is 18.2 Å². The second kappa shape index (κ2) is 8.05. The van der Waals surface area contributed by atoms with E-state index in [2.05, 4.69) is 24.1 Å². The SMILES string of the molecule is CO[Si](Cc1ccccc1)(OC)OCC1CCN(C)CC1. The third kappa shape index (κ3) is 4.90. The number of nitrogens with zero attached hydrogens (tertiary/aromatic N) is 1. The molecule has 0 saturated carbocycles. The zero-order chi connectivity index (χ0) is 15.1. The van der Waals surface area contributed by atoms with Crippen molar-refractivity contribution in [3.05, 3.63) is 35.9 Å². The first-order chi connectivity index (χ1) is 10.2. The maximum Gasteiger partial charge on any atom is 0.505 e. The van der Waals surface area contributed by atoms with Crippen molar-refractivity contribution < 1.29 is 13.3 Å². The minimum atomic E-state index is -2.60. The van der Waals surface area contributed by atoms with Crippen LogP contribution in [0.4, 0.5) is 0 Å². The van der Waals surface area contributed by atoms with E-state index in [0.29, 0.717) is 5.92 Å². The van der Waals surface area contributed by atoms with Gasteiger partial charge in [-0.3, -0.25) is 0 Å². The fourth-order valence-corrected chi connectivity index (χ4v) is 4.73. The van der Waals surface area contributed by atoms with Crippen LogP contribution < -0.4 is 0 Å². The molecule has 1 heterocycles. The van der Waals surface area contributed by atoms with Crippen LogP contribution in [0.5, 0.6) is 0 Å². The molecule has 0 amide bonds. The number of likely N-dealkylation sites (tertiary alicyclic amines) is 1. The van der Waals surface area contributed by atoms with Crippen LogP contribution in [0, 0.1) is 5.92 Å². The molecule has 0 bridgehead atoms. The van der Waals surface area contributed by atoms with Gasteiger partial charge in [-0.15, -0.1) is 0 Å². The minimum absolute atomic E-state index is 0.620. The zero-order valence-corrected chi connectivity index (χ0v) is 14.4. The average Bonchev–Trinajstić information content (AvgIpc) is 2.54. The summed E-state index contributed by atoms with van der Waals surface area (Å²) in [5, 5.41) is 0. The summed E-state index contributed by atoms with van der Waals surface area (Å²) >= 11 is 0. The summed E-state index contributed by atoms with van der Waals surface area (Å²) in [5.74, 6) is 0.620. The summed E-state index contributed by atoms with van der Waals surface area (Å²) in [6.07, 6.45) is 2.39. The standard InChI is InChI=1S/C16H27NO3Si/c1-17-11-9-15(10-12-17)13-20-21(18-2,19-3)14-16-7-5-4-6-8-16/h4-8,15H,9-14H2,1-3H3. The van der Waals surface area contributed by atoms with E-state index in [4.69, 9.17) is 13.3 Å².